The predicted molar refractivity (Wildman–Crippen MR) is 144 cm³/mol. The fraction of sp³-hybridized carbons (Fsp3) is 0.478. The van der Waals surface area contributed by atoms with E-state index < -0.39 is 0 Å². The molecule has 164 valence electrons. The van der Waals surface area contributed by atoms with Gasteiger partial charge in [0, 0.05) is 61.2 Å². The summed E-state index contributed by atoms with van der Waals surface area (Å²) >= 11 is 4.24. The maximum atomic E-state index is 12.4. The summed E-state index contributed by atoms with van der Waals surface area (Å²) in [6.07, 6.45) is 2.90. The van der Waals surface area contributed by atoms with Crippen molar-refractivity contribution in [1.82, 2.24) is 4.98 Å². The van der Waals surface area contributed by atoms with E-state index in [9.17, 15) is 9.59 Å². The third kappa shape index (κ3) is 9.63. The van der Waals surface area contributed by atoms with Gasteiger partial charge in [0.1, 0.15) is 0 Å². The van der Waals surface area contributed by atoms with Crippen molar-refractivity contribution in [2.75, 3.05) is 5.32 Å². The SMILES string of the molecule is CC.CC.CC.CC1(C)CC(=O)c2c(C(=O)Nc3ccccc3)c[nH]c2C1.II. The second-order valence-electron chi connectivity index (χ2n) is 6.32. The number of Topliss-reactive ketones (excluding diaryl/α,β-unsaturated/α-hetero) is 1. The number of fused-ring (bicyclic) bond motifs is 1. The number of amides is 1. The first kappa shape index (κ1) is 30.3. The average molecular weight is 626 g/mol. The maximum absolute atomic E-state index is 12.4. The van der Waals surface area contributed by atoms with Crippen LogP contribution in [0.5, 0.6) is 0 Å². The van der Waals surface area contributed by atoms with Gasteiger partial charge in [0.05, 0.1) is 11.1 Å². The highest BCUT2D eigenvalue weighted by Crippen LogP contribution is 2.35. The molecule has 4 nitrogen and oxygen atoms in total. The second kappa shape index (κ2) is 16.8. The van der Waals surface area contributed by atoms with E-state index in [1.165, 1.54) is 0 Å². The van der Waals surface area contributed by atoms with Crippen LogP contribution < -0.4 is 5.32 Å². The van der Waals surface area contributed by atoms with Gasteiger partial charge in [-0.2, -0.15) is 0 Å². The molecule has 0 unspecified atom stereocenters. The van der Waals surface area contributed by atoms with Crippen LogP contribution in [-0.4, -0.2) is 16.7 Å². The van der Waals surface area contributed by atoms with Crippen LogP contribution in [0.25, 0.3) is 0 Å². The molecule has 2 aromatic rings. The minimum Gasteiger partial charge on any atom is -0.364 e. The molecule has 1 aliphatic carbocycles. The standard InChI is InChI=1S/C17H18N2O2.3C2H6.I2/c1-17(2)8-13-15(14(20)9-17)12(10-18-13)16(21)19-11-6-4-3-5-7-11;4*1-2/h3-7,10,18H,8-9H2,1-2H3,(H,19,21);3*1-2H3;. The number of anilines is 1. The van der Waals surface area contributed by atoms with Crippen LogP contribution in [0.15, 0.2) is 36.5 Å². The Morgan fingerprint density at radius 3 is 2.00 bits per heavy atom. The van der Waals surface area contributed by atoms with Crippen LogP contribution >= 0.6 is 37.2 Å². The Balaban J connectivity index is 0. The molecule has 0 spiro atoms. The number of nitrogens with one attached hydrogen (secondary N) is 2. The largest absolute Gasteiger partial charge is 0.364 e. The van der Waals surface area contributed by atoms with Gasteiger partial charge in [-0.05, 0) is 24.0 Å². The molecule has 0 atom stereocenters. The lowest BCUT2D eigenvalue weighted by molar-refractivity contribution is 0.0902. The summed E-state index contributed by atoms with van der Waals surface area (Å²) in [5, 5.41) is 2.82. The molecule has 29 heavy (non-hydrogen) atoms. The lowest BCUT2D eigenvalue weighted by Crippen LogP contribution is -2.28. The summed E-state index contributed by atoms with van der Waals surface area (Å²) in [4.78, 5) is 27.8. The number of para-hydroxylation sites is 1. The smallest absolute Gasteiger partial charge is 0.257 e. The number of ketones is 1. The fourth-order valence-electron chi connectivity index (χ4n) is 2.89. The summed E-state index contributed by atoms with van der Waals surface area (Å²) < 4.78 is 0. The van der Waals surface area contributed by atoms with Crippen LogP contribution in [-0.2, 0) is 6.42 Å². The Kier molecular flexibility index (Phi) is 17.6. The molecule has 0 fully saturated rings. The van der Waals surface area contributed by atoms with Crippen molar-refractivity contribution < 1.29 is 9.59 Å². The lowest BCUT2D eigenvalue weighted by atomic mass is 9.75. The molecule has 3 rings (SSSR count). The molecule has 6 heteroatoms. The molecule has 2 N–H and O–H groups in total. The number of H-pyrrole nitrogens is 1. The fourth-order valence-corrected chi connectivity index (χ4v) is 2.89. The maximum Gasteiger partial charge on any atom is 0.257 e. The number of rotatable bonds is 2. The second-order valence-corrected chi connectivity index (χ2v) is 6.32. The van der Waals surface area contributed by atoms with Crippen LogP contribution in [0.3, 0.4) is 0 Å². The summed E-state index contributed by atoms with van der Waals surface area (Å²) in [5.74, 6) is -0.201. The topological polar surface area (TPSA) is 62.0 Å². The monoisotopic (exact) mass is 626 g/mol. The number of hydrogen-bond acceptors (Lipinski definition) is 2. The van der Waals surface area contributed by atoms with Gasteiger partial charge in [0.2, 0.25) is 0 Å². The number of carbonyl (C=O) groups is 2. The summed E-state index contributed by atoms with van der Waals surface area (Å²) in [6, 6.07) is 9.25. The molecule has 1 aliphatic rings. The zero-order valence-electron chi connectivity index (χ0n) is 19.0. The zero-order valence-corrected chi connectivity index (χ0v) is 23.3. The molecule has 0 radical (unpaired) electrons. The van der Waals surface area contributed by atoms with E-state index in [0.29, 0.717) is 17.5 Å². The zero-order chi connectivity index (χ0) is 23.0. The number of carbonyl (C=O) groups excluding carboxylic acids is 2. The Morgan fingerprint density at radius 1 is 0.966 bits per heavy atom. The number of aromatic nitrogens is 1. The molecular formula is C23H36I2N2O2. The van der Waals surface area contributed by atoms with Crippen LogP contribution in [0.2, 0.25) is 0 Å². The highest BCUT2D eigenvalue weighted by atomic mass is 128. The van der Waals surface area contributed by atoms with Crippen molar-refractivity contribution in [3.63, 3.8) is 0 Å². The molecular weight excluding hydrogens is 590 g/mol. The highest BCUT2D eigenvalue weighted by molar-refractivity contribution is 15.0. The van der Waals surface area contributed by atoms with Crippen molar-refractivity contribution in [2.45, 2.75) is 68.2 Å². The molecule has 0 saturated carbocycles. The minimum atomic E-state index is -0.244. The van der Waals surface area contributed by atoms with Crippen molar-refractivity contribution in [3.05, 3.63) is 53.3 Å². The van der Waals surface area contributed by atoms with Gasteiger partial charge in [-0.1, -0.05) is 73.6 Å². The first-order valence-corrected chi connectivity index (χ1v) is 16.5. The number of benzene rings is 1. The minimum absolute atomic E-state index is 0.0423. The summed E-state index contributed by atoms with van der Waals surface area (Å²) in [5.41, 5.74) is 2.54. The number of hydrogen-bond donors (Lipinski definition) is 2. The molecule has 1 aromatic heterocycles. The van der Waals surface area contributed by atoms with E-state index in [-0.39, 0.29) is 17.1 Å². The first-order valence-electron chi connectivity index (χ1n) is 10.2. The lowest BCUT2D eigenvalue weighted by Gasteiger charge is -2.28. The summed E-state index contributed by atoms with van der Waals surface area (Å²) in [6.45, 7) is 16.1. The van der Waals surface area contributed by atoms with Crippen molar-refractivity contribution >= 4 is 54.6 Å². The van der Waals surface area contributed by atoms with E-state index in [0.717, 1.165) is 17.8 Å². The van der Waals surface area contributed by atoms with Crippen LogP contribution in [0.4, 0.5) is 5.69 Å². The van der Waals surface area contributed by atoms with Gasteiger partial charge < -0.3 is 10.3 Å². The Hall–Kier alpha value is -0.900. The van der Waals surface area contributed by atoms with Crippen molar-refractivity contribution in [1.29, 1.82) is 0 Å². The summed E-state index contributed by atoms with van der Waals surface area (Å²) in [7, 11) is 0. The number of aromatic amines is 1. The van der Waals surface area contributed by atoms with Gasteiger partial charge >= 0.3 is 0 Å². The van der Waals surface area contributed by atoms with Gasteiger partial charge in [-0.3, -0.25) is 9.59 Å². The molecule has 0 saturated heterocycles. The Morgan fingerprint density at radius 2 is 1.48 bits per heavy atom. The van der Waals surface area contributed by atoms with Gasteiger partial charge in [0.25, 0.3) is 5.91 Å². The third-order valence-corrected chi connectivity index (χ3v) is 3.81. The van der Waals surface area contributed by atoms with Crippen molar-refractivity contribution in [3.8, 4) is 0 Å². The van der Waals surface area contributed by atoms with Gasteiger partial charge in [-0.15, -0.1) is 0 Å². The molecule has 1 amide bonds. The molecule has 1 heterocycles. The Bertz CT molecular complexity index is 711. The van der Waals surface area contributed by atoms with E-state index in [1.807, 2.05) is 71.9 Å². The highest BCUT2D eigenvalue weighted by Gasteiger charge is 2.35. The third-order valence-electron chi connectivity index (χ3n) is 3.81. The number of halogens is 2. The molecule has 0 bridgehead atoms. The quantitative estimate of drug-likeness (QED) is 0.330. The van der Waals surface area contributed by atoms with Crippen LogP contribution in [0.1, 0.15) is 88.2 Å². The first-order chi connectivity index (χ1) is 14.0. The van der Waals surface area contributed by atoms with Crippen LogP contribution in [0, 0.1) is 5.41 Å². The Labute approximate surface area is 200 Å². The van der Waals surface area contributed by atoms with E-state index in [1.54, 1.807) is 6.20 Å². The van der Waals surface area contributed by atoms with E-state index in [4.69, 9.17) is 0 Å². The van der Waals surface area contributed by atoms with Gasteiger partial charge in [-0.25, -0.2) is 0 Å². The van der Waals surface area contributed by atoms with E-state index in [2.05, 4.69) is 61.4 Å². The van der Waals surface area contributed by atoms with Gasteiger partial charge in [0.15, 0.2) is 5.78 Å². The predicted octanol–water partition coefficient (Wildman–Crippen LogP) is 8.27. The van der Waals surface area contributed by atoms with E-state index >= 15 is 0 Å². The van der Waals surface area contributed by atoms with Crippen molar-refractivity contribution in [2.24, 2.45) is 5.41 Å². The molecule has 1 aromatic carbocycles. The normalized spacial score (nSPS) is 12.7. The molecule has 0 aliphatic heterocycles. The average Bonchev–Trinajstić information content (AvgIpc) is 3.18.